The van der Waals surface area contributed by atoms with Gasteiger partial charge < -0.3 is 34.6 Å². The minimum absolute atomic E-state index is 0.00117. The van der Waals surface area contributed by atoms with Gasteiger partial charge in [0.2, 0.25) is 0 Å². The highest BCUT2D eigenvalue weighted by molar-refractivity contribution is 5.45. The maximum atomic E-state index is 12.4. The summed E-state index contributed by atoms with van der Waals surface area (Å²) in [4.78, 5) is 2.30. The maximum absolute atomic E-state index is 12.4. The van der Waals surface area contributed by atoms with Crippen LogP contribution in [0.25, 0.3) is 0 Å². The van der Waals surface area contributed by atoms with Crippen molar-refractivity contribution < 1.29 is 34.6 Å². The molecular formula is C38H62NO7. The summed E-state index contributed by atoms with van der Waals surface area (Å²) in [6.07, 6.45) is 7.62. The van der Waals surface area contributed by atoms with Crippen LogP contribution in [0.15, 0.2) is 0 Å². The molecule has 5 saturated carbocycles. The molecule has 0 aromatic rings. The van der Waals surface area contributed by atoms with E-state index in [-0.39, 0.29) is 63.5 Å². The van der Waals surface area contributed by atoms with Crippen LogP contribution in [0.4, 0.5) is 0 Å². The molecule has 8 heteroatoms. The van der Waals surface area contributed by atoms with Gasteiger partial charge in [-0.2, -0.15) is 0 Å². The van der Waals surface area contributed by atoms with Gasteiger partial charge in [0.25, 0.3) is 0 Å². The monoisotopic (exact) mass is 644 g/mol. The SMILES string of the molecule is C[C@@H]1C[C]([C@H](O)C(C)(C)O)O[C]2[C@H]1[C@@]1(C)CC[C@@]34C[C@@]35CCC(O[C@H]3CN(C(C)(C)CO)CCO3)C(C)(C)[C@@H]5CC[C]4[C@]1(C)[C@H]2O. The lowest BCUT2D eigenvalue weighted by Gasteiger charge is -2.63. The van der Waals surface area contributed by atoms with Crippen molar-refractivity contribution in [1.82, 2.24) is 4.90 Å². The molecule has 46 heavy (non-hydrogen) atoms. The minimum Gasteiger partial charge on any atom is -0.394 e. The fourth-order valence-corrected chi connectivity index (χ4v) is 12.8. The molecule has 11 atom stereocenters. The average molecular weight is 645 g/mol. The Labute approximate surface area is 277 Å². The molecule has 7 fully saturated rings. The smallest absolute Gasteiger partial charge is 0.170 e. The molecule has 5 aliphatic carbocycles. The van der Waals surface area contributed by atoms with Gasteiger partial charge in [0.05, 0.1) is 37.6 Å². The van der Waals surface area contributed by atoms with Gasteiger partial charge in [0.15, 0.2) is 6.29 Å². The zero-order chi connectivity index (χ0) is 33.5. The van der Waals surface area contributed by atoms with Gasteiger partial charge in [-0.05, 0) is 118 Å². The highest BCUT2D eigenvalue weighted by Crippen LogP contribution is 2.90. The number of ether oxygens (including phenoxy) is 3. The molecule has 261 valence electrons. The van der Waals surface area contributed by atoms with E-state index in [1.165, 1.54) is 12.8 Å². The van der Waals surface area contributed by atoms with Crippen LogP contribution >= 0.6 is 0 Å². The predicted molar refractivity (Wildman–Crippen MR) is 174 cm³/mol. The Morgan fingerprint density at radius 1 is 1.07 bits per heavy atom. The van der Waals surface area contributed by atoms with Gasteiger partial charge in [0.1, 0.15) is 18.3 Å². The van der Waals surface area contributed by atoms with Crippen LogP contribution in [-0.4, -0.2) is 87.4 Å². The molecule has 0 aromatic carbocycles. The second-order valence-corrected chi connectivity index (χ2v) is 18.9. The largest absolute Gasteiger partial charge is 0.394 e. The lowest BCUT2D eigenvalue weighted by molar-refractivity contribution is -0.250. The molecule has 7 aliphatic rings. The maximum Gasteiger partial charge on any atom is 0.170 e. The van der Waals surface area contributed by atoms with E-state index >= 15 is 0 Å². The summed E-state index contributed by atoms with van der Waals surface area (Å²) in [5, 5.41) is 43.9. The standard InChI is InChI=1S/C38H62NO7/c1-22-18-23(30(41)34(6,7)43)45-29-28(22)35(8)14-15-38-20-37(38)13-12-26(46-27-19-39(16-17-44-27)32(2,3)21-40)33(4,5)24(37)10-11-25(38)36(35,9)31(29)42/h22,24,26-28,30-31,40-43H,10-21H2,1-9H3/t22-,24+,26?,27+,28+,30+,31+,35-,36-,37-,38+/m1/s1. The third-order valence-electron chi connectivity index (χ3n) is 15.6. The van der Waals surface area contributed by atoms with Gasteiger partial charge in [-0.3, -0.25) is 4.90 Å². The van der Waals surface area contributed by atoms with Gasteiger partial charge >= 0.3 is 0 Å². The highest BCUT2D eigenvalue weighted by Gasteiger charge is 2.85. The summed E-state index contributed by atoms with van der Waals surface area (Å²) >= 11 is 0. The first-order chi connectivity index (χ1) is 21.3. The number of fused-ring (bicyclic) bond motifs is 4. The number of aliphatic hydroxyl groups excluding tert-OH is 3. The number of hydrogen-bond acceptors (Lipinski definition) is 8. The molecule has 4 N–H and O–H groups in total. The van der Waals surface area contributed by atoms with E-state index in [1.807, 2.05) is 0 Å². The first-order valence-corrected chi connectivity index (χ1v) is 18.3. The van der Waals surface area contributed by atoms with Gasteiger partial charge in [-0.1, -0.05) is 34.6 Å². The van der Waals surface area contributed by atoms with Crippen LogP contribution < -0.4 is 0 Å². The first kappa shape index (κ1) is 34.1. The van der Waals surface area contributed by atoms with Crippen LogP contribution in [0.2, 0.25) is 0 Å². The van der Waals surface area contributed by atoms with Gasteiger partial charge in [-0.25, -0.2) is 0 Å². The van der Waals surface area contributed by atoms with Crippen LogP contribution in [-0.2, 0) is 14.2 Å². The average Bonchev–Trinajstić information content (AvgIpc) is 3.62. The Kier molecular flexibility index (Phi) is 7.87. The lowest BCUT2D eigenvalue weighted by atomic mass is 9.41. The number of hydrogen-bond donors (Lipinski definition) is 4. The molecule has 2 spiro atoms. The van der Waals surface area contributed by atoms with Crippen molar-refractivity contribution in [3.05, 3.63) is 18.1 Å². The number of morpholine rings is 1. The van der Waals surface area contributed by atoms with Crippen LogP contribution in [0.5, 0.6) is 0 Å². The fourth-order valence-electron chi connectivity index (χ4n) is 12.8. The minimum atomic E-state index is -1.31. The normalized spacial score (nSPS) is 49.0. The third kappa shape index (κ3) is 4.39. The summed E-state index contributed by atoms with van der Waals surface area (Å²) in [5.41, 5.74) is -1.70. The Morgan fingerprint density at radius 3 is 2.46 bits per heavy atom. The van der Waals surface area contributed by atoms with Gasteiger partial charge in [-0.15, -0.1) is 0 Å². The van der Waals surface area contributed by atoms with Crippen molar-refractivity contribution in [3.8, 4) is 0 Å². The molecule has 0 aromatic heterocycles. The molecule has 2 heterocycles. The second kappa shape index (κ2) is 10.6. The summed E-state index contributed by atoms with van der Waals surface area (Å²) in [7, 11) is 0. The summed E-state index contributed by atoms with van der Waals surface area (Å²) in [6.45, 7) is 21.5. The summed E-state index contributed by atoms with van der Waals surface area (Å²) in [5.74, 6) is 2.47. The molecule has 2 aliphatic heterocycles. The van der Waals surface area contributed by atoms with E-state index in [9.17, 15) is 20.4 Å². The van der Waals surface area contributed by atoms with Crippen LogP contribution in [0, 0.1) is 63.0 Å². The second-order valence-electron chi connectivity index (χ2n) is 18.9. The molecule has 3 radical (unpaired) electrons. The van der Waals surface area contributed by atoms with Crippen molar-refractivity contribution >= 4 is 0 Å². The van der Waals surface area contributed by atoms with E-state index < -0.39 is 17.8 Å². The summed E-state index contributed by atoms with van der Waals surface area (Å²) < 4.78 is 19.5. The predicted octanol–water partition coefficient (Wildman–Crippen LogP) is 5.03. The Balaban J connectivity index is 1.12. The van der Waals surface area contributed by atoms with E-state index in [2.05, 4.69) is 53.4 Å². The Bertz CT molecular complexity index is 1190. The molecule has 0 amide bonds. The van der Waals surface area contributed by atoms with E-state index in [0.29, 0.717) is 31.6 Å². The summed E-state index contributed by atoms with van der Waals surface area (Å²) in [6, 6.07) is 0. The Morgan fingerprint density at radius 2 is 1.78 bits per heavy atom. The van der Waals surface area contributed by atoms with Crippen molar-refractivity contribution in [2.75, 3.05) is 26.3 Å². The molecule has 1 unspecified atom stereocenters. The first-order valence-electron chi connectivity index (χ1n) is 18.3. The Hall–Kier alpha value is -0.320. The van der Waals surface area contributed by atoms with Crippen molar-refractivity contribution in [1.29, 1.82) is 0 Å². The zero-order valence-corrected chi connectivity index (χ0v) is 30.0. The molecular weight excluding hydrogens is 582 g/mol. The zero-order valence-electron chi connectivity index (χ0n) is 30.0. The topological polar surface area (TPSA) is 112 Å². The highest BCUT2D eigenvalue weighted by atomic mass is 16.7. The van der Waals surface area contributed by atoms with E-state index in [4.69, 9.17) is 14.2 Å². The van der Waals surface area contributed by atoms with Crippen LogP contribution in [0.3, 0.4) is 0 Å². The van der Waals surface area contributed by atoms with Crippen molar-refractivity contribution in [2.24, 2.45) is 44.8 Å². The van der Waals surface area contributed by atoms with E-state index in [1.54, 1.807) is 19.8 Å². The number of rotatable bonds is 6. The third-order valence-corrected chi connectivity index (χ3v) is 15.6. The molecule has 8 nitrogen and oxygen atoms in total. The molecule has 2 saturated heterocycles. The van der Waals surface area contributed by atoms with Crippen LogP contribution in [0.1, 0.15) is 114 Å². The number of nitrogens with zero attached hydrogens (tertiary/aromatic N) is 1. The van der Waals surface area contributed by atoms with Crippen molar-refractivity contribution in [2.45, 2.75) is 149 Å². The molecule has 7 rings (SSSR count). The fraction of sp³-hybridized carbons (Fsp3) is 0.921. The van der Waals surface area contributed by atoms with Gasteiger partial charge in [0, 0.05) is 23.4 Å². The molecule has 0 bridgehead atoms. The quantitative estimate of drug-likeness (QED) is 0.319. The van der Waals surface area contributed by atoms with Crippen molar-refractivity contribution in [3.63, 3.8) is 0 Å². The van der Waals surface area contributed by atoms with E-state index in [0.717, 1.165) is 44.8 Å². The number of aliphatic hydroxyl groups is 4. The lowest BCUT2D eigenvalue weighted by Crippen LogP contribution is -2.60.